The second-order valence-corrected chi connectivity index (χ2v) is 4.53. The molecule has 2 N–H and O–H groups in total. The Balaban J connectivity index is 1.69. The predicted octanol–water partition coefficient (Wildman–Crippen LogP) is 3.14. The van der Waals surface area contributed by atoms with Crippen LogP contribution in [-0.2, 0) is 11.3 Å². The number of benzene rings is 2. The number of rotatable bonds is 2. The van der Waals surface area contributed by atoms with E-state index in [2.05, 4.69) is 10.6 Å². The van der Waals surface area contributed by atoms with Crippen molar-refractivity contribution >= 4 is 23.4 Å². The van der Waals surface area contributed by atoms with E-state index >= 15 is 0 Å². The van der Waals surface area contributed by atoms with Crippen molar-refractivity contribution in [1.29, 1.82) is 0 Å². The number of esters is 1. The minimum atomic E-state index is -0.479. The largest absolute Gasteiger partial charge is 0.457 e. The molecular formula is C15H11FN2O3. The molecule has 1 heterocycles. The van der Waals surface area contributed by atoms with Gasteiger partial charge in [-0.1, -0.05) is 6.07 Å². The molecule has 106 valence electrons. The lowest BCUT2D eigenvalue weighted by Gasteiger charge is -2.08. The molecule has 0 saturated carbocycles. The van der Waals surface area contributed by atoms with E-state index < -0.39 is 12.0 Å². The molecule has 0 spiro atoms. The number of urea groups is 1. The Hall–Kier alpha value is -2.89. The molecule has 5 nitrogen and oxygen atoms in total. The van der Waals surface area contributed by atoms with Gasteiger partial charge in [-0.25, -0.2) is 14.0 Å². The van der Waals surface area contributed by atoms with Crippen LogP contribution in [0.1, 0.15) is 15.9 Å². The van der Waals surface area contributed by atoms with Crippen LogP contribution in [-0.4, -0.2) is 12.0 Å². The molecule has 2 aromatic rings. The molecule has 3 rings (SSSR count). The van der Waals surface area contributed by atoms with Gasteiger partial charge in [0.2, 0.25) is 0 Å². The molecule has 2 aromatic carbocycles. The summed E-state index contributed by atoms with van der Waals surface area (Å²) in [5.74, 6) is -0.773. The first-order chi connectivity index (χ1) is 10.1. The number of carbonyl (C=O) groups is 2. The summed E-state index contributed by atoms with van der Waals surface area (Å²) in [7, 11) is 0. The number of carbonyl (C=O) groups excluding carboxylic acids is 2. The van der Waals surface area contributed by atoms with E-state index in [9.17, 15) is 14.0 Å². The number of ether oxygens (including phenoxy) is 1. The first kappa shape index (κ1) is 13.1. The smallest absolute Gasteiger partial charge is 0.338 e. The summed E-state index contributed by atoms with van der Waals surface area (Å²) in [5, 5.41) is 5.17. The minimum absolute atomic E-state index is 0.260. The fraction of sp³-hybridized carbons (Fsp3) is 0.0667. The van der Waals surface area contributed by atoms with E-state index in [0.29, 0.717) is 16.9 Å². The first-order valence-electron chi connectivity index (χ1n) is 6.25. The highest BCUT2D eigenvalue weighted by Gasteiger charge is 2.21. The van der Waals surface area contributed by atoms with Crippen LogP contribution in [0.5, 0.6) is 0 Å². The average molecular weight is 286 g/mol. The van der Waals surface area contributed by atoms with Crippen molar-refractivity contribution in [2.45, 2.75) is 6.61 Å². The van der Waals surface area contributed by atoms with Crippen LogP contribution in [0.15, 0.2) is 42.5 Å². The van der Waals surface area contributed by atoms with Crippen molar-refractivity contribution in [1.82, 2.24) is 0 Å². The third-order valence-corrected chi connectivity index (χ3v) is 3.05. The summed E-state index contributed by atoms with van der Waals surface area (Å²) < 4.78 is 17.7. The lowest BCUT2D eigenvalue weighted by Crippen LogP contribution is -2.19. The van der Waals surface area contributed by atoms with Gasteiger partial charge < -0.3 is 15.4 Å². The fourth-order valence-corrected chi connectivity index (χ4v) is 2.02. The maximum atomic E-state index is 12.8. The average Bonchev–Trinajstić information content (AvgIpc) is 2.83. The molecule has 6 heteroatoms. The van der Waals surface area contributed by atoms with Gasteiger partial charge >= 0.3 is 12.0 Å². The SMILES string of the molecule is O=C(Nc1ccc(F)cc1)Nc1ccc2c(c1)C(=O)OC2. The Bertz CT molecular complexity index is 713. The number of hydrogen-bond acceptors (Lipinski definition) is 3. The predicted molar refractivity (Wildman–Crippen MR) is 74.6 cm³/mol. The summed E-state index contributed by atoms with van der Waals surface area (Å²) in [6, 6.07) is 9.91. The van der Waals surface area contributed by atoms with Crippen LogP contribution in [0, 0.1) is 5.82 Å². The molecule has 0 bridgehead atoms. The summed E-state index contributed by atoms with van der Waals surface area (Å²) in [4.78, 5) is 23.3. The molecule has 1 aliphatic heterocycles. The van der Waals surface area contributed by atoms with E-state index in [4.69, 9.17) is 4.74 Å². The van der Waals surface area contributed by atoms with Gasteiger partial charge in [-0.2, -0.15) is 0 Å². The molecule has 0 saturated heterocycles. The molecule has 2 amide bonds. The van der Waals surface area contributed by atoms with Crippen molar-refractivity contribution in [2.24, 2.45) is 0 Å². The van der Waals surface area contributed by atoms with Gasteiger partial charge in [-0.05, 0) is 36.4 Å². The van der Waals surface area contributed by atoms with Crippen molar-refractivity contribution in [3.63, 3.8) is 0 Å². The molecule has 0 fully saturated rings. The van der Waals surface area contributed by atoms with Gasteiger partial charge in [0.05, 0.1) is 5.56 Å². The lowest BCUT2D eigenvalue weighted by atomic mass is 10.1. The van der Waals surface area contributed by atoms with E-state index in [0.717, 1.165) is 5.56 Å². The zero-order chi connectivity index (χ0) is 14.8. The molecule has 21 heavy (non-hydrogen) atoms. The molecule has 0 unspecified atom stereocenters. The maximum absolute atomic E-state index is 12.8. The Morgan fingerprint density at radius 1 is 1.05 bits per heavy atom. The summed E-state index contributed by atoms with van der Waals surface area (Å²) in [6.45, 7) is 0.260. The highest BCUT2D eigenvalue weighted by atomic mass is 19.1. The maximum Gasteiger partial charge on any atom is 0.338 e. The third-order valence-electron chi connectivity index (χ3n) is 3.05. The van der Waals surface area contributed by atoms with Crippen molar-refractivity contribution in [3.05, 3.63) is 59.4 Å². The number of hydrogen-bond donors (Lipinski definition) is 2. The van der Waals surface area contributed by atoms with Crippen LogP contribution in [0.2, 0.25) is 0 Å². The number of fused-ring (bicyclic) bond motifs is 1. The fourth-order valence-electron chi connectivity index (χ4n) is 2.02. The summed E-state index contributed by atoms with van der Waals surface area (Å²) in [6.07, 6.45) is 0. The number of cyclic esters (lactones) is 1. The van der Waals surface area contributed by atoms with E-state index in [-0.39, 0.29) is 12.4 Å². The van der Waals surface area contributed by atoms with E-state index in [1.54, 1.807) is 18.2 Å². The Morgan fingerprint density at radius 3 is 2.48 bits per heavy atom. The third kappa shape index (κ3) is 2.84. The molecule has 0 radical (unpaired) electrons. The first-order valence-corrected chi connectivity index (χ1v) is 6.25. The number of anilines is 2. The number of halogens is 1. The molecule has 0 aromatic heterocycles. The second-order valence-electron chi connectivity index (χ2n) is 4.53. The Labute approximate surface area is 119 Å². The van der Waals surface area contributed by atoms with Gasteiger partial charge in [0.1, 0.15) is 12.4 Å². The highest BCUT2D eigenvalue weighted by molar-refractivity contribution is 6.01. The molecule has 0 aliphatic carbocycles. The van der Waals surface area contributed by atoms with Crippen LogP contribution >= 0.6 is 0 Å². The Kier molecular flexibility index (Phi) is 3.27. The van der Waals surface area contributed by atoms with Crippen LogP contribution in [0.25, 0.3) is 0 Å². The number of nitrogens with one attached hydrogen (secondary N) is 2. The topological polar surface area (TPSA) is 67.4 Å². The molecular weight excluding hydrogens is 275 g/mol. The van der Waals surface area contributed by atoms with Crippen molar-refractivity contribution < 1.29 is 18.7 Å². The minimum Gasteiger partial charge on any atom is -0.457 e. The van der Waals surface area contributed by atoms with E-state index in [1.807, 2.05) is 0 Å². The van der Waals surface area contributed by atoms with Gasteiger partial charge in [0, 0.05) is 16.9 Å². The number of amides is 2. The van der Waals surface area contributed by atoms with Gasteiger partial charge in [-0.15, -0.1) is 0 Å². The van der Waals surface area contributed by atoms with Gasteiger partial charge in [-0.3, -0.25) is 0 Å². The van der Waals surface area contributed by atoms with Crippen LogP contribution in [0.4, 0.5) is 20.6 Å². The highest BCUT2D eigenvalue weighted by Crippen LogP contribution is 2.23. The van der Waals surface area contributed by atoms with E-state index in [1.165, 1.54) is 24.3 Å². The zero-order valence-corrected chi connectivity index (χ0v) is 10.9. The summed E-state index contributed by atoms with van der Waals surface area (Å²) >= 11 is 0. The molecule has 1 aliphatic rings. The lowest BCUT2D eigenvalue weighted by molar-refractivity contribution is 0.0535. The van der Waals surface area contributed by atoms with Crippen LogP contribution in [0.3, 0.4) is 0 Å². The normalized spacial score (nSPS) is 12.5. The monoisotopic (exact) mass is 286 g/mol. The quantitative estimate of drug-likeness (QED) is 0.833. The zero-order valence-electron chi connectivity index (χ0n) is 10.9. The second kappa shape index (κ2) is 5.24. The van der Waals surface area contributed by atoms with Crippen LogP contribution < -0.4 is 10.6 Å². The van der Waals surface area contributed by atoms with Crippen molar-refractivity contribution in [2.75, 3.05) is 10.6 Å². The standard InChI is InChI=1S/C15H11FN2O3/c16-10-2-5-11(6-3-10)17-15(20)18-12-4-1-9-8-21-14(19)13(9)7-12/h1-7H,8H2,(H2,17,18,20). The van der Waals surface area contributed by atoms with Gasteiger partial charge in [0.25, 0.3) is 0 Å². The molecule has 0 atom stereocenters. The Morgan fingerprint density at radius 2 is 1.71 bits per heavy atom. The summed E-state index contributed by atoms with van der Waals surface area (Å²) in [5.41, 5.74) is 2.20. The van der Waals surface area contributed by atoms with Gasteiger partial charge in [0.15, 0.2) is 0 Å². The van der Waals surface area contributed by atoms with Crippen molar-refractivity contribution in [3.8, 4) is 0 Å².